The molecular weight excluding hydrogens is 350 g/mol. The van der Waals surface area contributed by atoms with Crippen LogP contribution in [0.25, 0.3) is 0 Å². The number of carbonyl (C=O) groups is 4. The van der Waals surface area contributed by atoms with E-state index in [1.807, 2.05) is 5.32 Å². The maximum absolute atomic E-state index is 12.3. The Labute approximate surface area is 148 Å². The van der Waals surface area contributed by atoms with Gasteiger partial charge in [-0.05, 0) is 19.1 Å². The summed E-state index contributed by atoms with van der Waals surface area (Å²) < 4.78 is 10.3. The molecule has 1 aliphatic heterocycles. The third kappa shape index (κ3) is 4.75. The zero-order chi connectivity index (χ0) is 18.4. The fourth-order valence-corrected chi connectivity index (χ4v) is 3.74. The Bertz CT molecular complexity index is 648. The molecule has 9 nitrogen and oxygen atoms in total. The Morgan fingerprint density at radius 2 is 2.16 bits per heavy atom. The van der Waals surface area contributed by atoms with E-state index in [-0.39, 0.29) is 5.91 Å². The molecule has 0 spiro atoms. The summed E-state index contributed by atoms with van der Waals surface area (Å²) in [7, 11) is 0. The average molecular weight is 369 g/mol. The van der Waals surface area contributed by atoms with Crippen LogP contribution in [0.15, 0.2) is 22.8 Å². The van der Waals surface area contributed by atoms with Crippen LogP contribution < -0.4 is 10.6 Å². The van der Waals surface area contributed by atoms with Crippen LogP contribution >= 0.6 is 11.8 Å². The number of nitrogens with zero attached hydrogens (tertiary/aromatic N) is 1. The summed E-state index contributed by atoms with van der Waals surface area (Å²) in [5.41, 5.74) is 0. The number of urea groups is 1. The first-order valence-electron chi connectivity index (χ1n) is 7.62. The average Bonchev–Trinajstić information content (AvgIpc) is 3.21. The molecule has 2 N–H and O–H groups in total. The van der Waals surface area contributed by atoms with Gasteiger partial charge in [0, 0.05) is 19.2 Å². The van der Waals surface area contributed by atoms with E-state index in [1.54, 1.807) is 19.1 Å². The largest absolute Gasteiger partial charge is 0.466 e. The molecule has 0 radical (unpaired) electrons. The highest BCUT2D eigenvalue weighted by molar-refractivity contribution is 7.99. The second-order valence-electron chi connectivity index (χ2n) is 5.16. The van der Waals surface area contributed by atoms with Crippen molar-refractivity contribution in [3.05, 3.63) is 24.2 Å². The molecule has 4 amide bonds. The molecule has 2 atom stereocenters. The summed E-state index contributed by atoms with van der Waals surface area (Å²) in [4.78, 5) is 48.4. The van der Waals surface area contributed by atoms with Gasteiger partial charge in [0.1, 0.15) is 17.2 Å². The number of hydrogen-bond acceptors (Lipinski definition) is 7. The summed E-state index contributed by atoms with van der Waals surface area (Å²) in [5, 5.41) is 3.99. The van der Waals surface area contributed by atoms with Gasteiger partial charge in [0.25, 0.3) is 5.91 Å². The molecule has 1 aliphatic rings. The van der Waals surface area contributed by atoms with Crippen molar-refractivity contribution in [2.75, 3.05) is 18.9 Å². The van der Waals surface area contributed by atoms with Crippen LogP contribution in [0.5, 0.6) is 0 Å². The van der Waals surface area contributed by atoms with Crippen LogP contribution in [0.1, 0.15) is 25.0 Å². The van der Waals surface area contributed by atoms with E-state index in [2.05, 4.69) is 5.32 Å². The molecule has 1 aromatic rings. The molecule has 2 heterocycles. The molecule has 1 aromatic heterocycles. The van der Waals surface area contributed by atoms with E-state index >= 15 is 0 Å². The van der Waals surface area contributed by atoms with Gasteiger partial charge in [-0.25, -0.2) is 9.59 Å². The molecule has 136 valence electrons. The Hall–Kier alpha value is -2.49. The van der Waals surface area contributed by atoms with Gasteiger partial charge in [-0.2, -0.15) is 0 Å². The van der Waals surface area contributed by atoms with Gasteiger partial charge in [-0.3, -0.25) is 14.9 Å². The minimum absolute atomic E-state index is 0.305. The monoisotopic (exact) mass is 369 g/mol. The van der Waals surface area contributed by atoms with E-state index in [1.165, 1.54) is 29.8 Å². The number of amides is 4. The first-order chi connectivity index (χ1) is 11.9. The summed E-state index contributed by atoms with van der Waals surface area (Å²) in [6.07, 6.45) is 1.49. The van der Waals surface area contributed by atoms with Crippen molar-refractivity contribution in [2.24, 2.45) is 0 Å². The zero-order valence-corrected chi connectivity index (χ0v) is 14.6. The summed E-state index contributed by atoms with van der Waals surface area (Å²) in [6.45, 7) is 2.81. The smallest absolute Gasteiger partial charge is 0.330 e. The molecule has 2 rings (SSSR count). The number of furan rings is 1. The summed E-state index contributed by atoms with van der Waals surface area (Å²) in [6, 6.07) is 1.94. The topological polar surface area (TPSA) is 118 Å². The van der Waals surface area contributed by atoms with Crippen LogP contribution in [0.4, 0.5) is 4.79 Å². The molecule has 0 saturated carbocycles. The molecule has 0 aromatic carbocycles. The Morgan fingerprint density at radius 1 is 1.40 bits per heavy atom. The van der Waals surface area contributed by atoms with Crippen LogP contribution in [-0.4, -0.2) is 53.7 Å². The predicted molar refractivity (Wildman–Crippen MR) is 88.4 cm³/mol. The second kappa shape index (κ2) is 8.56. The lowest BCUT2D eigenvalue weighted by Crippen LogP contribution is -2.45. The molecular formula is C15H19N3O6S. The lowest BCUT2D eigenvalue weighted by molar-refractivity contribution is -0.156. The van der Waals surface area contributed by atoms with Gasteiger partial charge in [0.2, 0.25) is 5.91 Å². The second-order valence-corrected chi connectivity index (χ2v) is 6.27. The molecule has 0 bridgehead atoms. The maximum Gasteiger partial charge on any atom is 0.330 e. The third-order valence-electron chi connectivity index (χ3n) is 3.36. The molecule has 0 aliphatic carbocycles. The highest BCUT2D eigenvalue weighted by Gasteiger charge is 2.43. The summed E-state index contributed by atoms with van der Waals surface area (Å²) in [5.74, 6) is -0.879. The van der Waals surface area contributed by atoms with Crippen LogP contribution in [-0.2, 0) is 19.1 Å². The highest BCUT2D eigenvalue weighted by atomic mass is 32.2. The van der Waals surface area contributed by atoms with Crippen molar-refractivity contribution in [3.8, 4) is 0 Å². The highest BCUT2D eigenvalue weighted by Crippen LogP contribution is 2.41. The fourth-order valence-electron chi connectivity index (χ4n) is 2.32. The Morgan fingerprint density at radius 3 is 2.76 bits per heavy atom. The molecule has 0 unspecified atom stereocenters. The number of hydrogen-bond donors (Lipinski definition) is 2. The van der Waals surface area contributed by atoms with Gasteiger partial charge in [0.15, 0.2) is 6.61 Å². The van der Waals surface area contributed by atoms with E-state index < -0.39 is 35.9 Å². The van der Waals surface area contributed by atoms with E-state index in [0.717, 1.165) is 0 Å². The predicted octanol–water partition coefficient (Wildman–Crippen LogP) is 0.631. The van der Waals surface area contributed by atoms with Gasteiger partial charge >= 0.3 is 12.0 Å². The van der Waals surface area contributed by atoms with Crippen LogP contribution in [0.2, 0.25) is 0 Å². The number of esters is 1. The number of carbonyl (C=O) groups excluding carboxylic acids is 4. The van der Waals surface area contributed by atoms with E-state index in [0.29, 0.717) is 18.1 Å². The van der Waals surface area contributed by atoms with Crippen molar-refractivity contribution in [1.29, 1.82) is 0 Å². The number of ether oxygens (including phenoxy) is 1. The third-order valence-corrected chi connectivity index (χ3v) is 4.64. The molecule has 10 heteroatoms. The number of thioether (sulfide) groups is 1. The van der Waals surface area contributed by atoms with E-state index in [9.17, 15) is 19.2 Å². The minimum Gasteiger partial charge on any atom is -0.466 e. The first-order valence-corrected chi connectivity index (χ1v) is 8.67. The van der Waals surface area contributed by atoms with Crippen molar-refractivity contribution < 1.29 is 28.3 Å². The summed E-state index contributed by atoms with van der Waals surface area (Å²) >= 11 is 1.37. The Balaban J connectivity index is 1.93. The molecule has 1 fully saturated rings. The van der Waals surface area contributed by atoms with Gasteiger partial charge in [-0.15, -0.1) is 11.8 Å². The lowest BCUT2D eigenvalue weighted by Gasteiger charge is -2.25. The normalized spacial score (nSPS) is 19.4. The SMILES string of the molecule is CCNC(=O)NC(=O)COC(=O)[C@@H]1CS[C@@H](c2ccco2)N1C(C)=O. The zero-order valence-electron chi connectivity index (χ0n) is 13.8. The van der Waals surface area contributed by atoms with Gasteiger partial charge in [-0.1, -0.05) is 0 Å². The minimum atomic E-state index is -0.824. The van der Waals surface area contributed by atoms with Gasteiger partial charge in [0.05, 0.1) is 6.26 Å². The van der Waals surface area contributed by atoms with Crippen molar-refractivity contribution >= 4 is 35.6 Å². The van der Waals surface area contributed by atoms with Crippen LogP contribution in [0, 0.1) is 0 Å². The fraction of sp³-hybridized carbons (Fsp3) is 0.467. The van der Waals surface area contributed by atoms with E-state index in [4.69, 9.17) is 9.15 Å². The van der Waals surface area contributed by atoms with Crippen molar-refractivity contribution in [2.45, 2.75) is 25.3 Å². The molecule has 25 heavy (non-hydrogen) atoms. The maximum atomic E-state index is 12.3. The number of rotatable bonds is 5. The number of nitrogens with one attached hydrogen (secondary N) is 2. The first kappa shape index (κ1) is 18.8. The Kier molecular flexibility index (Phi) is 6.45. The van der Waals surface area contributed by atoms with Crippen molar-refractivity contribution in [3.63, 3.8) is 0 Å². The lowest BCUT2D eigenvalue weighted by atomic mass is 10.2. The number of imide groups is 1. The van der Waals surface area contributed by atoms with Crippen LogP contribution in [0.3, 0.4) is 0 Å². The molecule has 1 saturated heterocycles. The standard InChI is InChI=1S/C15H19N3O6S/c1-3-16-15(22)17-12(20)7-24-14(21)10-8-25-13(18(10)9(2)19)11-5-4-6-23-11/h4-6,10,13H,3,7-8H2,1-2H3,(H2,16,17,20,22)/t10-,13-/m0/s1. The quantitative estimate of drug-likeness (QED) is 0.731. The van der Waals surface area contributed by atoms with Gasteiger partial charge < -0.3 is 19.4 Å². The van der Waals surface area contributed by atoms with Crippen molar-refractivity contribution in [1.82, 2.24) is 15.5 Å².